The van der Waals surface area contributed by atoms with Gasteiger partial charge in [-0.05, 0) is 119 Å². The maximum atomic E-state index is 12.6. The summed E-state index contributed by atoms with van der Waals surface area (Å²) in [5, 5.41) is 12.6. The molecule has 0 atom stereocenters. The molecule has 8 rings (SSSR count). The molecule has 0 fully saturated rings. The fraction of sp³-hybridized carbons (Fsp3) is 0.317. The van der Waals surface area contributed by atoms with Gasteiger partial charge in [-0.1, -0.05) is 213 Å². The van der Waals surface area contributed by atoms with E-state index in [1.165, 1.54) is 11.6 Å². The van der Waals surface area contributed by atoms with Crippen LogP contribution in [0.2, 0.25) is 0 Å². The molecule has 66 heavy (non-hydrogen) atoms. The Bertz CT molecular complexity index is 3470. The third kappa shape index (κ3) is 9.15. The summed E-state index contributed by atoms with van der Waals surface area (Å²) in [6.45, 7) is 31.4. The van der Waals surface area contributed by atoms with E-state index in [2.05, 4.69) is 142 Å². The number of para-hydroxylation sites is 1. The van der Waals surface area contributed by atoms with Gasteiger partial charge in [-0.15, -0.1) is 0 Å². The lowest BCUT2D eigenvalue weighted by atomic mass is 9.79. The Hall–Kier alpha value is -6.19. The van der Waals surface area contributed by atoms with Crippen LogP contribution in [-0.2, 0) is 27.1 Å². The Morgan fingerprint density at radius 3 is 1.67 bits per heavy atom. The molecule has 1 aromatic heterocycles. The second-order valence-corrected chi connectivity index (χ2v) is 23.1. The van der Waals surface area contributed by atoms with Crippen LogP contribution in [0.3, 0.4) is 0 Å². The average molecular weight is 878 g/mol. The number of phenols is 1. The van der Waals surface area contributed by atoms with Crippen LogP contribution >= 0.6 is 0 Å². The highest BCUT2D eigenvalue weighted by molar-refractivity contribution is 5.98. The molecule has 0 saturated heterocycles. The summed E-state index contributed by atoms with van der Waals surface area (Å²) in [6, 6.07) is 33.1. The van der Waals surface area contributed by atoms with Crippen molar-refractivity contribution in [3.63, 3.8) is 0 Å². The van der Waals surface area contributed by atoms with Crippen molar-refractivity contribution in [2.45, 2.75) is 131 Å². The fourth-order valence-electron chi connectivity index (χ4n) is 8.46. The highest BCUT2D eigenvalue weighted by Crippen LogP contribution is 2.46. The normalized spacial score (nSPS) is 14.3. The Labute approximate surface area is 405 Å². The van der Waals surface area contributed by atoms with Gasteiger partial charge in [0.2, 0.25) is 0 Å². The van der Waals surface area contributed by atoms with E-state index in [-0.39, 0.29) is 75.6 Å². The van der Waals surface area contributed by atoms with Crippen molar-refractivity contribution in [3.8, 4) is 67.3 Å². The van der Waals surface area contributed by atoms with Crippen molar-refractivity contribution in [3.05, 3.63) is 173 Å². The largest absolute Gasteiger partial charge is 0.507 e. The zero-order valence-electron chi connectivity index (χ0n) is 48.7. The predicted octanol–water partition coefficient (Wildman–Crippen LogP) is 17.6. The maximum absolute atomic E-state index is 12.6. The van der Waals surface area contributed by atoms with Crippen molar-refractivity contribution in [2.24, 2.45) is 0 Å². The van der Waals surface area contributed by atoms with Crippen LogP contribution in [0.4, 0.5) is 0 Å². The van der Waals surface area contributed by atoms with Gasteiger partial charge in [0, 0.05) is 16.7 Å². The summed E-state index contributed by atoms with van der Waals surface area (Å²) in [4.78, 5) is 5.63. The highest BCUT2D eigenvalue weighted by Gasteiger charge is 2.30. The minimum absolute atomic E-state index is 0.119. The molecule has 3 nitrogen and oxygen atoms in total. The molecule has 0 spiro atoms. The lowest BCUT2D eigenvalue weighted by Gasteiger charge is -2.28. The van der Waals surface area contributed by atoms with Crippen LogP contribution in [0.25, 0.3) is 72.6 Å². The first-order valence-electron chi connectivity index (χ1n) is 26.7. The number of phenolic OH excluding ortho intramolecular Hbond substituents is 1. The number of hydrogen-bond acceptors (Lipinski definition) is 2. The topological polar surface area (TPSA) is 38.1 Å². The first-order chi connectivity index (χ1) is 33.7. The van der Waals surface area contributed by atoms with Crippen LogP contribution in [0.5, 0.6) is 5.75 Å². The number of rotatable bonds is 6. The molecule has 0 aliphatic carbocycles. The predicted molar refractivity (Wildman–Crippen MR) is 283 cm³/mol. The van der Waals surface area contributed by atoms with Crippen LogP contribution in [-0.4, -0.2) is 14.7 Å². The van der Waals surface area contributed by atoms with Gasteiger partial charge in [0.15, 0.2) is 0 Å². The first-order valence-corrected chi connectivity index (χ1v) is 23.2. The van der Waals surface area contributed by atoms with Crippen LogP contribution < -0.4 is 0 Å². The summed E-state index contributed by atoms with van der Waals surface area (Å²) in [5.41, 5.74) is 9.58. The summed E-state index contributed by atoms with van der Waals surface area (Å²) in [7, 11) is 0. The summed E-state index contributed by atoms with van der Waals surface area (Å²) < 4.78 is 66.5. The van der Waals surface area contributed by atoms with Gasteiger partial charge < -0.3 is 5.11 Å². The van der Waals surface area contributed by atoms with Gasteiger partial charge in [0.25, 0.3) is 0 Å². The lowest BCUT2D eigenvalue weighted by Crippen LogP contribution is -2.17. The van der Waals surface area contributed by atoms with Gasteiger partial charge in [-0.25, -0.2) is 4.98 Å². The lowest BCUT2D eigenvalue weighted by molar-refractivity contribution is 0.446. The summed E-state index contributed by atoms with van der Waals surface area (Å²) >= 11 is 0. The van der Waals surface area contributed by atoms with Crippen molar-refractivity contribution in [1.82, 2.24) is 9.55 Å². The molecule has 0 bridgehead atoms. The minimum Gasteiger partial charge on any atom is -0.507 e. The molecular weight excluding hydrogens is 801 g/mol. The van der Waals surface area contributed by atoms with Crippen molar-refractivity contribution in [2.75, 3.05) is 0 Å². The Kier molecular flexibility index (Phi) is 9.55. The molecule has 1 N–H and O–H groups in total. The Morgan fingerprint density at radius 2 is 1.05 bits per heavy atom. The molecule has 0 unspecified atom stereocenters. The molecule has 0 radical (unpaired) electrons. The molecular formula is C63H70N2O. The number of fused-ring (bicyclic) bond motifs is 1. The molecule has 0 aliphatic heterocycles. The van der Waals surface area contributed by atoms with Gasteiger partial charge >= 0.3 is 0 Å². The van der Waals surface area contributed by atoms with Crippen molar-refractivity contribution >= 4 is 11.0 Å². The number of aromatic nitrogens is 2. The van der Waals surface area contributed by atoms with Gasteiger partial charge in [-0.3, -0.25) is 4.57 Å². The molecule has 0 saturated carbocycles. The fourth-order valence-corrected chi connectivity index (χ4v) is 8.46. The van der Waals surface area contributed by atoms with E-state index in [9.17, 15) is 6.48 Å². The quantitative estimate of drug-likeness (QED) is 0.181. The zero-order valence-corrected chi connectivity index (χ0v) is 41.7. The molecule has 338 valence electrons. The van der Waals surface area contributed by atoms with Crippen LogP contribution in [0.1, 0.15) is 141 Å². The third-order valence-electron chi connectivity index (χ3n) is 12.6. The number of hydrogen-bond donors (Lipinski definition) is 1. The SMILES string of the molecule is [2H]c1cc(-c2cc(-c3cccc4c3nc(-c3cc(C(C)(C)C)cc(C(C)(C)C)c3O)n4-c3ccc(C(C)(C)C)cc3-c3ccccc3)cc(C(C)(C)C)c2)c([2H])c(-c2c([2H])c([2H])c(C(C)(C)C)c([2H])c2[2H])c1[2H]. The first kappa shape index (κ1) is 38.0. The minimum atomic E-state index is -0.704. The molecule has 8 aromatic rings. The standard InChI is InChI=1S/C63H70N2O/c1-59(2,3)46-29-27-40(28-30-46)42-23-19-24-43(33-42)44-34-45(36-48(35-44)61(7,8)9)50-25-20-26-55-56(50)64-58(52-38-49(62(10,11)12)39-53(57(52)66)63(13,14)15)65(55)54-32-31-47(60(4,5)6)37-51(54)41-21-17-16-18-22-41/h16-39,66H,1-15H3/i19D,23D,27D,28D,29D,30D,33D. The molecule has 3 heteroatoms. The smallest absolute Gasteiger partial charge is 0.149 e. The molecule has 1 heterocycles. The number of aromatic hydroxyl groups is 1. The van der Waals surface area contributed by atoms with E-state index in [1.807, 2.05) is 63.2 Å². The van der Waals surface area contributed by atoms with Crippen molar-refractivity contribution in [1.29, 1.82) is 0 Å². The van der Waals surface area contributed by atoms with Gasteiger partial charge in [-0.2, -0.15) is 0 Å². The summed E-state index contributed by atoms with van der Waals surface area (Å²) in [5.74, 6) is 0.741. The van der Waals surface area contributed by atoms with Gasteiger partial charge in [0.05, 0.1) is 31.9 Å². The second-order valence-electron chi connectivity index (χ2n) is 23.1. The van der Waals surface area contributed by atoms with E-state index in [4.69, 9.17) is 13.2 Å². The second kappa shape index (κ2) is 16.6. The number of benzene rings is 7. The zero-order chi connectivity index (χ0) is 53.8. The number of imidazole rings is 1. The van der Waals surface area contributed by atoms with Crippen LogP contribution in [0, 0.1) is 0 Å². The summed E-state index contributed by atoms with van der Waals surface area (Å²) in [6.07, 6.45) is 0. The van der Waals surface area contributed by atoms with E-state index >= 15 is 0 Å². The van der Waals surface area contributed by atoms with Gasteiger partial charge in [0.1, 0.15) is 11.6 Å². The van der Waals surface area contributed by atoms with E-state index in [0.717, 1.165) is 50.1 Å². The van der Waals surface area contributed by atoms with E-state index < -0.39 is 16.2 Å². The number of nitrogens with zero attached hydrogens (tertiary/aromatic N) is 2. The maximum Gasteiger partial charge on any atom is 0.149 e. The molecule has 7 aromatic carbocycles. The molecule has 0 amide bonds. The highest BCUT2D eigenvalue weighted by atomic mass is 16.3. The average Bonchev–Trinajstić information content (AvgIpc) is 3.68. The monoisotopic (exact) mass is 878 g/mol. The van der Waals surface area contributed by atoms with Crippen molar-refractivity contribution < 1.29 is 14.7 Å². The Morgan fingerprint density at radius 1 is 0.439 bits per heavy atom. The van der Waals surface area contributed by atoms with E-state index in [0.29, 0.717) is 28.0 Å². The van der Waals surface area contributed by atoms with Crippen LogP contribution in [0.15, 0.2) is 145 Å². The van der Waals surface area contributed by atoms with E-state index in [1.54, 1.807) is 0 Å². The Balaban J connectivity index is 1.48. The molecule has 0 aliphatic rings. The third-order valence-corrected chi connectivity index (χ3v) is 12.6.